The van der Waals surface area contributed by atoms with Crippen LogP contribution in [0.2, 0.25) is 0 Å². The van der Waals surface area contributed by atoms with Crippen molar-refractivity contribution in [3.63, 3.8) is 0 Å². The first kappa shape index (κ1) is 18.7. The number of rotatable bonds is 8. The number of nitrogens with zero attached hydrogens (tertiary/aromatic N) is 2. The van der Waals surface area contributed by atoms with Gasteiger partial charge < -0.3 is 14.8 Å². The Morgan fingerprint density at radius 2 is 1.81 bits per heavy atom. The number of methoxy groups -OCH3 is 1. The van der Waals surface area contributed by atoms with Gasteiger partial charge in [0.25, 0.3) is 5.91 Å². The largest absolute Gasteiger partial charge is 0.481 e. The van der Waals surface area contributed by atoms with Gasteiger partial charge in [-0.05, 0) is 30.2 Å². The SMILES string of the molecule is COCCn1cc(NC(=O)C(C)Oc2ccc(-c3ccccc3)cc2)cn1. The average Bonchev–Trinajstić information content (AvgIpc) is 3.15. The van der Waals surface area contributed by atoms with Crippen molar-refractivity contribution in [1.29, 1.82) is 0 Å². The van der Waals surface area contributed by atoms with Crippen LogP contribution >= 0.6 is 0 Å². The van der Waals surface area contributed by atoms with Crippen molar-refractivity contribution in [1.82, 2.24) is 9.78 Å². The van der Waals surface area contributed by atoms with Gasteiger partial charge in [0.15, 0.2) is 6.10 Å². The summed E-state index contributed by atoms with van der Waals surface area (Å²) in [6.07, 6.45) is 2.74. The van der Waals surface area contributed by atoms with Crippen LogP contribution in [-0.4, -0.2) is 35.5 Å². The van der Waals surface area contributed by atoms with Gasteiger partial charge in [-0.1, -0.05) is 42.5 Å². The Bertz CT molecular complexity index is 860. The van der Waals surface area contributed by atoms with Crippen molar-refractivity contribution in [2.24, 2.45) is 0 Å². The molecule has 0 saturated heterocycles. The molecule has 1 N–H and O–H groups in total. The summed E-state index contributed by atoms with van der Waals surface area (Å²) in [5, 5.41) is 6.98. The second kappa shape index (κ2) is 9.00. The van der Waals surface area contributed by atoms with Gasteiger partial charge in [-0.3, -0.25) is 9.48 Å². The molecule has 0 fully saturated rings. The molecule has 1 atom stereocenters. The van der Waals surface area contributed by atoms with Crippen molar-refractivity contribution in [2.75, 3.05) is 19.0 Å². The lowest BCUT2D eigenvalue weighted by Gasteiger charge is -2.14. The van der Waals surface area contributed by atoms with E-state index in [-0.39, 0.29) is 5.91 Å². The summed E-state index contributed by atoms with van der Waals surface area (Å²) in [5.41, 5.74) is 2.87. The first-order valence-electron chi connectivity index (χ1n) is 8.80. The van der Waals surface area contributed by atoms with Crippen LogP contribution in [0.25, 0.3) is 11.1 Å². The zero-order chi connectivity index (χ0) is 19.1. The second-order valence-electron chi connectivity index (χ2n) is 6.12. The summed E-state index contributed by atoms with van der Waals surface area (Å²) in [6, 6.07) is 17.8. The molecule has 140 valence electrons. The highest BCUT2D eigenvalue weighted by molar-refractivity contribution is 5.93. The van der Waals surface area contributed by atoms with E-state index in [4.69, 9.17) is 9.47 Å². The molecule has 1 amide bonds. The Balaban J connectivity index is 1.55. The maximum Gasteiger partial charge on any atom is 0.265 e. The molecule has 1 heterocycles. The first-order chi connectivity index (χ1) is 13.2. The minimum atomic E-state index is -0.630. The van der Waals surface area contributed by atoms with E-state index in [2.05, 4.69) is 22.5 Å². The molecule has 3 aromatic rings. The van der Waals surface area contributed by atoms with Crippen molar-refractivity contribution in [3.05, 3.63) is 67.0 Å². The standard InChI is InChI=1S/C21H23N3O3/c1-16(21(25)23-19-14-22-24(15-19)12-13-26-2)27-20-10-8-18(9-11-20)17-6-4-3-5-7-17/h3-11,14-16H,12-13H2,1-2H3,(H,23,25). The van der Waals surface area contributed by atoms with Crippen molar-refractivity contribution in [3.8, 4) is 16.9 Å². The van der Waals surface area contributed by atoms with Gasteiger partial charge in [0, 0.05) is 13.3 Å². The number of hydrogen-bond acceptors (Lipinski definition) is 4. The van der Waals surface area contributed by atoms with Gasteiger partial charge in [0.1, 0.15) is 5.75 Å². The molecule has 3 rings (SSSR count). The molecule has 2 aromatic carbocycles. The highest BCUT2D eigenvalue weighted by Gasteiger charge is 2.15. The molecule has 27 heavy (non-hydrogen) atoms. The third kappa shape index (κ3) is 5.18. The number of anilines is 1. The van der Waals surface area contributed by atoms with E-state index >= 15 is 0 Å². The van der Waals surface area contributed by atoms with Gasteiger partial charge in [-0.25, -0.2) is 0 Å². The number of carbonyl (C=O) groups is 1. The molecular weight excluding hydrogens is 342 g/mol. The average molecular weight is 365 g/mol. The predicted molar refractivity (Wildman–Crippen MR) is 105 cm³/mol. The van der Waals surface area contributed by atoms with Gasteiger partial charge in [-0.15, -0.1) is 0 Å². The van der Waals surface area contributed by atoms with E-state index < -0.39 is 6.10 Å². The molecular formula is C21H23N3O3. The summed E-state index contributed by atoms with van der Waals surface area (Å²) in [4.78, 5) is 12.3. The van der Waals surface area contributed by atoms with Crippen LogP contribution in [0.15, 0.2) is 67.0 Å². The number of nitrogens with one attached hydrogen (secondary N) is 1. The number of benzene rings is 2. The number of amides is 1. The van der Waals surface area contributed by atoms with E-state index in [1.54, 1.807) is 31.1 Å². The summed E-state index contributed by atoms with van der Waals surface area (Å²) >= 11 is 0. The van der Waals surface area contributed by atoms with Crippen LogP contribution in [0, 0.1) is 0 Å². The Morgan fingerprint density at radius 1 is 1.11 bits per heavy atom. The van der Waals surface area contributed by atoms with Gasteiger partial charge in [0.05, 0.1) is 25.0 Å². The molecule has 6 heteroatoms. The Morgan fingerprint density at radius 3 is 2.52 bits per heavy atom. The topological polar surface area (TPSA) is 65.4 Å². The fraction of sp³-hybridized carbons (Fsp3) is 0.238. The lowest BCUT2D eigenvalue weighted by atomic mass is 10.1. The molecule has 0 bridgehead atoms. The maximum atomic E-state index is 12.3. The molecule has 6 nitrogen and oxygen atoms in total. The molecule has 0 aliphatic rings. The van der Waals surface area contributed by atoms with Crippen LogP contribution in [0.3, 0.4) is 0 Å². The van der Waals surface area contributed by atoms with Crippen LogP contribution < -0.4 is 10.1 Å². The van der Waals surface area contributed by atoms with Crippen molar-refractivity contribution >= 4 is 11.6 Å². The Labute approximate surface area is 158 Å². The van der Waals surface area contributed by atoms with E-state index in [0.717, 1.165) is 11.1 Å². The highest BCUT2D eigenvalue weighted by Crippen LogP contribution is 2.22. The van der Waals surface area contributed by atoms with E-state index in [1.807, 2.05) is 42.5 Å². The highest BCUT2D eigenvalue weighted by atomic mass is 16.5. The summed E-state index contributed by atoms with van der Waals surface area (Å²) in [6.45, 7) is 2.91. The van der Waals surface area contributed by atoms with Gasteiger partial charge in [0.2, 0.25) is 0 Å². The van der Waals surface area contributed by atoms with Gasteiger partial charge >= 0.3 is 0 Å². The van der Waals surface area contributed by atoms with Crippen LogP contribution in [0.1, 0.15) is 6.92 Å². The lowest BCUT2D eigenvalue weighted by Crippen LogP contribution is -2.30. The van der Waals surface area contributed by atoms with E-state index in [1.165, 1.54) is 0 Å². The molecule has 1 unspecified atom stereocenters. The molecule has 0 saturated carbocycles. The number of hydrogen-bond donors (Lipinski definition) is 1. The van der Waals surface area contributed by atoms with E-state index in [0.29, 0.717) is 24.6 Å². The summed E-state index contributed by atoms with van der Waals surface area (Å²) in [5.74, 6) is 0.418. The van der Waals surface area contributed by atoms with Crippen LogP contribution in [0.4, 0.5) is 5.69 Å². The second-order valence-corrected chi connectivity index (χ2v) is 6.12. The third-order valence-electron chi connectivity index (χ3n) is 4.07. The van der Waals surface area contributed by atoms with Crippen molar-refractivity contribution in [2.45, 2.75) is 19.6 Å². The smallest absolute Gasteiger partial charge is 0.265 e. The summed E-state index contributed by atoms with van der Waals surface area (Å²) < 4.78 is 12.5. The third-order valence-corrected chi connectivity index (χ3v) is 4.07. The maximum absolute atomic E-state index is 12.3. The molecule has 0 aliphatic heterocycles. The number of carbonyl (C=O) groups excluding carboxylic acids is 1. The minimum Gasteiger partial charge on any atom is -0.481 e. The lowest BCUT2D eigenvalue weighted by molar-refractivity contribution is -0.122. The van der Waals surface area contributed by atoms with Crippen LogP contribution in [-0.2, 0) is 16.1 Å². The molecule has 0 aliphatic carbocycles. The molecule has 1 aromatic heterocycles. The first-order valence-corrected chi connectivity index (χ1v) is 8.80. The van der Waals surface area contributed by atoms with Crippen molar-refractivity contribution < 1.29 is 14.3 Å². The zero-order valence-corrected chi connectivity index (χ0v) is 15.5. The summed E-state index contributed by atoms with van der Waals surface area (Å²) in [7, 11) is 1.64. The fourth-order valence-electron chi connectivity index (χ4n) is 2.59. The monoisotopic (exact) mass is 365 g/mol. The number of ether oxygens (including phenoxy) is 2. The quantitative estimate of drug-likeness (QED) is 0.662. The van der Waals surface area contributed by atoms with E-state index in [9.17, 15) is 4.79 Å². The zero-order valence-electron chi connectivity index (χ0n) is 15.5. The molecule has 0 spiro atoms. The molecule has 0 radical (unpaired) electrons. The predicted octanol–water partition coefficient (Wildman–Crippen LogP) is 3.60. The number of aromatic nitrogens is 2. The minimum absolute atomic E-state index is 0.228. The normalized spacial score (nSPS) is 11.8. The van der Waals surface area contributed by atoms with Gasteiger partial charge in [-0.2, -0.15) is 5.10 Å². The fourth-order valence-corrected chi connectivity index (χ4v) is 2.59. The Hall–Kier alpha value is -3.12. The van der Waals surface area contributed by atoms with Crippen LogP contribution in [0.5, 0.6) is 5.75 Å². The Kier molecular flexibility index (Phi) is 6.22.